The van der Waals surface area contributed by atoms with Crippen LogP contribution in [-0.4, -0.2) is 24.5 Å². The van der Waals surface area contributed by atoms with E-state index in [-0.39, 0.29) is 22.8 Å². The lowest BCUT2D eigenvalue weighted by molar-refractivity contribution is -0.141. The first kappa shape index (κ1) is 25.7. The molecule has 192 valence electrons. The van der Waals surface area contributed by atoms with E-state index in [9.17, 15) is 31.5 Å². The molecule has 0 radical (unpaired) electrons. The minimum absolute atomic E-state index is 0.00588. The Hall–Kier alpha value is -4.41. The molecular weight excluding hydrogens is 503 g/mol. The molecule has 4 rings (SSSR count). The van der Waals surface area contributed by atoms with Crippen LogP contribution < -0.4 is 18.9 Å². The minimum Gasteiger partial charge on any atom is -0.493 e. The number of benzene rings is 3. The molecule has 0 fully saturated rings. The Balaban J connectivity index is 1.50. The summed E-state index contributed by atoms with van der Waals surface area (Å²) in [4.78, 5) is 25.1. The van der Waals surface area contributed by atoms with E-state index >= 15 is 0 Å². The highest BCUT2D eigenvalue weighted by molar-refractivity contribution is 6.14. The van der Waals surface area contributed by atoms with Crippen LogP contribution in [0.3, 0.4) is 0 Å². The van der Waals surface area contributed by atoms with Crippen molar-refractivity contribution in [3.05, 3.63) is 88.4 Å². The van der Waals surface area contributed by atoms with Gasteiger partial charge in [-0.3, -0.25) is 4.79 Å². The predicted octanol–water partition coefficient (Wildman–Crippen LogP) is 5.77. The number of esters is 1. The van der Waals surface area contributed by atoms with Crippen molar-refractivity contribution in [3.8, 4) is 23.0 Å². The Labute approximate surface area is 206 Å². The number of ketones is 1. The predicted molar refractivity (Wildman–Crippen MR) is 119 cm³/mol. The number of fused-ring (bicyclic) bond motifs is 1. The van der Waals surface area contributed by atoms with Gasteiger partial charge in [-0.2, -0.15) is 8.78 Å². The average Bonchev–Trinajstić information content (AvgIpc) is 3.19. The zero-order valence-corrected chi connectivity index (χ0v) is 19.2. The summed E-state index contributed by atoms with van der Waals surface area (Å²) in [6, 6.07) is 10.8. The van der Waals surface area contributed by atoms with Crippen molar-refractivity contribution < 1.29 is 50.5 Å². The second kappa shape index (κ2) is 10.3. The lowest BCUT2D eigenvalue weighted by Gasteiger charge is -2.15. The first-order chi connectivity index (χ1) is 17.6. The summed E-state index contributed by atoms with van der Waals surface area (Å²) in [5.41, 5.74) is 0.789. The monoisotopic (exact) mass is 520 g/mol. The largest absolute Gasteiger partial charge is 0.493 e. The number of halogens is 5. The van der Waals surface area contributed by atoms with Crippen molar-refractivity contribution >= 4 is 17.8 Å². The molecule has 11 heteroatoms. The molecule has 0 saturated heterocycles. The van der Waals surface area contributed by atoms with Crippen LogP contribution in [0.5, 0.6) is 23.0 Å². The Morgan fingerprint density at radius 3 is 2.30 bits per heavy atom. The van der Waals surface area contributed by atoms with Gasteiger partial charge in [0, 0.05) is 11.6 Å². The summed E-state index contributed by atoms with van der Waals surface area (Å²) in [7, 11) is 0. The van der Waals surface area contributed by atoms with Gasteiger partial charge in [0.05, 0.1) is 12.2 Å². The zero-order chi connectivity index (χ0) is 26.9. The van der Waals surface area contributed by atoms with E-state index in [2.05, 4.69) is 4.74 Å². The summed E-state index contributed by atoms with van der Waals surface area (Å²) in [5.74, 6) is -14.0. The average molecular weight is 520 g/mol. The molecule has 1 atom stereocenters. The molecule has 0 aliphatic carbocycles. The molecular formula is C26H17F5O6. The Bertz CT molecular complexity index is 1410. The van der Waals surface area contributed by atoms with Gasteiger partial charge in [0.25, 0.3) is 0 Å². The molecule has 1 unspecified atom stereocenters. The Morgan fingerprint density at radius 2 is 1.62 bits per heavy atom. The van der Waals surface area contributed by atoms with Crippen molar-refractivity contribution in [1.29, 1.82) is 0 Å². The fourth-order valence-corrected chi connectivity index (χ4v) is 3.37. The van der Waals surface area contributed by atoms with E-state index in [1.807, 2.05) is 6.92 Å². The highest BCUT2D eigenvalue weighted by atomic mass is 19.2. The summed E-state index contributed by atoms with van der Waals surface area (Å²) in [5, 5.41) is 0. The van der Waals surface area contributed by atoms with Gasteiger partial charge in [0.1, 0.15) is 17.2 Å². The number of hydrogen-bond acceptors (Lipinski definition) is 6. The van der Waals surface area contributed by atoms with Crippen LogP contribution in [-0.2, 0) is 4.79 Å². The molecule has 1 heterocycles. The third-order valence-corrected chi connectivity index (χ3v) is 5.16. The number of carbonyl (C=O) groups excluding carboxylic acids is 2. The van der Waals surface area contributed by atoms with Crippen LogP contribution in [0.1, 0.15) is 29.8 Å². The molecule has 1 aliphatic rings. The maximum absolute atomic E-state index is 13.8. The van der Waals surface area contributed by atoms with Crippen LogP contribution in [0, 0.1) is 29.1 Å². The molecule has 0 N–H and O–H groups in total. The molecule has 0 saturated carbocycles. The van der Waals surface area contributed by atoms with Gasteiger partial charge < -0.3 is 18.9 Å². The number of hydrogen-bond donors (Lipinski definition) is 0. The molecule has 6 nitrogen and oxygen atoms in total. The SMILES string of the molecule is CCOc1ccccc1/C=C1\Oc2cc(OC(=O)C(C)Oc3c(F)c(F)c(F)c(F)c3F)ccc2C1=O. The van der Waals surface area contributed by atoms with E-state index < -0.39 is 52.7 Å². The fourth-order valence-electron chi connectivity index (χ4n) is 3.37. The van der Waals surface area contributed by atoms with Gasteiger partial charge in [0.15, 0.2) is 17.6 Å². The normalized spacial score (nSPS) is 14.2. The summed E-state index contributed by atoms with van der Waals surface area (Å²) >= 11 is 0. The van der Waals surface area contributed by atoms with Crippen molar-refractivity contribution in [2.24, 2.45) is 0 Å². The maximum Gasteiger partial charge on any atom is 0.352 e. The van der Waals surface area contributed by atoms with E-state index in [1.165, 1.54) is 24.3 Å². The van der Waals surface area contributed by atoms with E-state index in [0.717, 1.165) is 6.92 Å². The van der Waals surface area contributed by atoms with Crippen molar-refractivity contribution in [2.45, 2.75) is 20.0 Å². The number of carbonyl (C=O) groups is 2. The first-order valence-corrected chi connectivity index (χ1v) is 10.8. The van der Waals surface area contributed by atoms with Crippen molar-refractivity contribution in [3.63, 3.8) is 0 Å². The lowest BCUT2D eigenvalue weighted by Crippen LogP contribution is -2.29. The summed E-state index contributed by atoms with van der Waals surface area (Å²) < 4.78 is 88.5. The number of rotatable bonds is 7. The third-order valence-electron chi connectivity index (χ3n) is 5.16. The van der Waals surface area contributed by atoms with Gasteiger partial charge in [-0.15, -0.1) is 0 Å². The molecule has 0 bridgehead atoms. The first-order valence-electron chi connectivity index (χ1n) is 10.8. The van der Waals surface area contributed by atoms with Crippen molar-refractivity contribution in [1.82, 2.24) is 0 Å². The zero-order valence-electron chi connectivity index (χ0n) is 19.2. The molecule has 3 aromatic rings. The summed E-state index contributed by atoms with van der Waals surface area (Å²) in [6.45, 7) is 3.22. The maximum atomic E-state index is 13.8. The highest BCUT2D eigenvalue weighted by Gasteiger charge is 2.31. The molecule has 0 aromatic heterocycles. The summed E-state index contributed by atoms with van der Waals surface area (Å²) in [6.07, 6.45) is -0.270. The van der Waals surface area contributed by atoms with Gasteiger partial charge in [-0.25, -0.2) is 18.0 Å². The van der Waals surface area contributed by atoms with Gasteiger partial charge in [0.2, 0.25) is 34.9 Å². The van der Waals surface area contributed by atoms with Gasteiger partial charge in [-0.1, -0.05) is 18.2 Å². The van der Waals surface area contributed by atoms with Crippen LogP contribution >= 0.6 is 0 Å². The van der Waals surface area contributed by atoms with Crippen molar-refractivity contribution in [2.75, 3.05) is 6.61 Å². The molecule has 3 aromatic carbocycles. The number of Topliss-reactive ketones (excluding diaryl/α,β-unsaturated/α-hetero) is 1. The van der Waals surface area contributed by atoms with Crippen LogP contribution in [0.4, 0.5) is 22.0 Å². The second-order valence-electron chi connectivity index (χ2n) is 7.65. The standard InChI is InChI=1S/C26H17F5O6/c1-3-34-16-7-5-4-6-13(16)10-18-24(32)15-9-8-14(11-17(15)37-18)36-26(33)12(2)35-25-22(30)20(28)19(27)21(29)23(25)31/h4-12H,3H2,1-2H3/b18-10-. The quantitative estimate of drug-likeness (QED) is 0.0984. The molecule has 0 amide bonds. The Morgan fingerprint density at radius 1 is 0.973 bits per heavy atom. The minimum atomic E-state index is -2.36. The lowest BCUT2D eigenvalue weighted by atomic mass is 10.1. The van der Waals surface area contributed by atoms with Gasteiger partial charge >= 0.3 is 5.97 Å². The number of para-hydroxylation sites is 1. The fraction of sp³-hybridized carbons (Fsp3) is 0.154. The van der Waals surface area contributed by atoms with Crippen LogP contribution in [0.25, 0.3) is 6.08 Å². The van der Waals surface area contributed by atoms with Crippen LogP contribution in [0.15, 0.2) is 48.2 Å². The molecule has 0 spiro atoms. The van der Waals surface area contributed by atoms with E-state index in [0.29, 0.717) is 17.9 Å². The highest BCUT2D eigenvalue weighted by Crippen LogP contribution is 2.36. The second-order valence-corrected chi connectivity index (χ2v) is 7.65. The van der Waals surface area contributed by atoms with E-state index in [1.54, 1.807) is 24.3 Å². The van der Waals surface area contributed by atoms with Gasteiger partial charge in [-0.05, 0) is 38.1 Å². The molecule has 1 aliphatic heterocycles. The van der Waals surface area contributed by atoms with Crippen LogP contribution in [0.2, 0.25) is 0 Å². The topological polar surface area (TPSA) is 71.1 Å². The third kappa shape index (κ3) is 4.97. The number of allylic oxidation sites excluding steroid dienone is 1. The smallest absolute Gasteiger partial charge is 0.352 e. The van der Waals surface area contributed by atoms with E-state index in [4.69, 9.17) is 14.2 Å². The number of ether oxygens (including phenoxy) is 4. The Kier molecular flexibility index (Phi) is 7.14. The molecule has 37 heavy (non-hydrogen) atoms.